The first-order valence-corrected chi connectivity index (χ1v) is 12.3. The number of rotatable bonds is 5. The fraction of sp³-hybridized carbons (Fsp3) is 0.333. The molecule has 1 aromatic heterocycles. The van der Waals surface area contributed by atoms with Crippen molar-refractivity contribution >= 4 is 42.6 Å². The number of para-hydroxylation sites is 1. The third kappa shape index (κ3) is 4.77. The molecule has 1 amide bonds. The van der Waals surface area contributed by atoms with E-state index in [0.29, 0.717) is 31.2 Å². The Morgan fingerprint density at radius 1 is 1.10 bits per heavy atom. The number of nitrogens with zero attached hydrogens (tertiary/aromatic N) is 3. The van der Waals surface area contributed by atoms with Crippen LogP contribution in [0.15, 0.2) is 53.4 Å². The van der Waals surface area contributed by atoms with Crippen LogP contribution in [0.3, 0.4) is 0 Å². The summed E-state index contributed by atoms with van der Waals surface area (Å²) in [5.41, 5.74) is 0.840. The minimum Gasteiger partial charge on any atom is -0.301 e. The maximum atomic E-state index is 13.2. The van der Waals surface area contributed by atoms with E-state index in [9.17, 15) is 17.6 Å². The highest BCUT2D eigenvalue weighted by molar-refractivity contribution is 7.89. The number of thiazole rings is 1. The molecule has 0 spiro atoms. The van der Waals surface area contributed by atoms with E-state index in [2.05, 4.69) is 10.3 Å². The summed E-state index contributed by atoms with van der Waals surface area (Å²) >= 11 is 1.42. The summed E-state index contributed by atoms with van der Waals surface area (Å²) in [5, 5.41) is 3.43. The summed E-state index contributed by atoms with van der Waals surface area (Å²) in [6.45, 7) is 3.45. The Morgan fingerprint density at radius 2 is 1.84 bits per heavy atom. The molecule has 1 aliphatic heterocycles. The molecular formula is C21H23FN4O3S2. The third-order valence-electron chi connectivity index (χ3n) is 5.39. The fourth-order valence-electron chi connectivity index (χ4n) is 3.60. The van der Waals surface area contributed by atoms with Crippen molar-refractivity contribution in [1.29, 1.82) is 0 Å². The van der Waals surface area contributed by atoms with Gasteiger partial charge in [0.05, 0.1) is 21.2 Å². The first kappa shape index (κ1) is 21.8. The van der Waals surface area contributed by atoms with Gasteiger partial charge in [0.25, 0.3) is 0 Å². The first-order chi connectivity index (χ1) is 14.8. The van der Waals surface area contributed by atoms with Crippen LogP contribution < -0.4 is 5.32 Å². The average molecular weight is 463 g/mol. The van der Waals surface area contributed by atoms with Gasteiger partial charge >= 0.3 is 0 Å². The Bertz CT molecular complexity index is 1150. The van der Waals surface area contributed by atoms with Gasteiger partial charge in [-0.15, -0.1) is 0 Å². The smallest absolute Gasteiger partial charge is 0.243 e. The first-order valence-electron chi connectivity index (χ1n) is 10.0. The molecule has 0 radical (unpaired) electrons. The van der Waals surface area contributed by atoms with Crippen molar-refractivity contribution in [3.05, 3.63) is 54.3 Å². The van der Waals surface area contributed by atoms with Gasteiger partial charge in [-0.05, 0) is 49.7 Å². The Hall–Kier alpha value is -2.40. The van der Waals surface area contributed by atoms with Crippen LogP contribution in [-0.4, -0.2) is 60.7 Å². The number of sulfonamides is 1. The average Bonchev–Trinajstić information content (AvgIpc) is 2.99. The maximum Gasteiger partial charge on any atom is 0.243 e. The molecule has 1 fully saturated rings. The highest BCUT2D eigenvalue weighted by Gasteiger charge is 2.30. The molecule has 0 bridgehead atoms. The van der Waals surface area contributed by atoms with Crippen molar-refractivity contribution in [2.45, 2.75) is 24.3 Å². The summed E-state index contributed by atoms with van der Waals surface area (Å²) in [7, 11) is -3.70. The summed E-state index contributed by atoms with van der Waals surface area (Å²) < 4.78 is 41.3. The van der Waals surface area contributed by atoms with Crippen LogP contribution in [0, 0.1) is 5.82 Å². The second kappa shape index (κ2) is 8.99. The normalized spacial score (nSPS) is 17.4. The molecule has 10 heteroatoms. The number of aromatic nitrogens is 1. The van der Waals surface area contributed by atoms with Crippen molar-refractivity contribution in [1.82, 2.24) is 14.2 Å². The van der Waals surface area contributed by atoms with E-state index in [4.69, 9.17) is 0 Å². The Labute approximate surface area is 184 Å². The molecule has 2 aromatic carbocycles. The summed E-state index contributed by atoms with van der Waals surface area (Å²) in [6, 6.07) is 12.1. The summed E-state index contributed by atoms with van der Waals surface area (Å²) in [4.78, 5) is 19.3. The fourth-order valence-corrected chi connectivity index (χ4v) is 5.94. The SMILES string of the molecule is CC(C(=O)Nc1nc2ccccc2s1)N1CCCN(S(=O)(=O)c2ccc(F)cc2)CC1. The number of hydrogen-bond donors (Lipinski definition) is 1. The lowest BCUT2D eigenvalue weighted by atomic mass is 10.2. The molecule has 1 atom stereocenters. The van der Waals surface area contributed by atoms with E-state index >= 15 is 0 Å². The second-order valence-corrected chi connectivity index (χ2v) is 10.4. The second-order valence-electron chi connectivity index (χ2n) is 7.40. The van der Waals surface area contributed by atoms with E-state index in [0.717, 1.165) is 22.3 Å². The standard InChI is InChI=1S/C21H23FN4O3S2/c1-15(20(27)24-21-23-18-5-2-3-6-19(18)30-21)25-11-4-12-26(14-13-25)31(28,29)17-9-7-16(22)8-10-17/h2-3,5-10,15H,4,11-14H2,1H3,(H,23,24,27). The molecule has 2 heterocycles. The minimum atomic E-state index is -3.70. The van der Waals surface area contributed by atoms with Gasteiger partial charge in [-0.1, -0.05) is 23.5 Å². The number of carbonyl (C=O) groups is 1. The van der Waals surface area contributed by atoms with Gasteiger partial charge in [0.1, 0.15) is 5.82 Å². The van der Waals surface area contributed by atoms with E-state index in [1.54, 1.807) is 0 Å². The van der Waals surface area contributed by atoms with E-state index in [1.807, 2.05) is 36.1 Å². The zero-order valence-corrected chi connectivity index (χ0v) is 18.6. The zero-order chi connectivity index (χ0) is 22.0. The molecule has 3 aromatic rings. The topological polar surface area (TPSA) is 82.6 Å². The van der Waals surface area contributed by atoms with E-state index in [1.165, 1.54) is 27.8 Å². The lowest BCUT2D eigenvalue weighted by Crippen LogP contribution is -2.44. The van der Waals surface area contributed by atoms with Crippen LogP contribution in [0.1, 0.15) is 13.3 Å². The quantitative estimate of drug-likeness (QED) is 0.630. The largest absolute Gasteiger partial charge is 0.301 e. The zero-order valence-electron chi connectivity index (χ0n) is 17.0. The van der Waals surface area contributed by atoms with Gasteiger partial charge in [-0.3, -0.25) is 9.69 Å². The number of nitrogens with one attached hydrogen (secondary N) is 1. The van der Waals surface area contributed by atoms with Crippen LogP contribution in [0.5, 0.6) is 0 Å². The van der Waals surface area contributed by atoms with Crippen LogP contribution in [-0.2, 0) is 14.8 Å². The molecule has 1 N–H and O–H groups in total. The lowest BCUT2D eigenvalue weighted by molar-refractivity contribution is -0.120. The molecular weight excluding hydrogens is 439 g/mol. The van der Waals surface area contributed by atoms with Gasteiger partial charge in [0.15, 0.2) is 5.13 Å². The lowest BCUT2D eigenvalue weighted by Gasteiger charge is -2.26. The monoisotopic (exact) mass is 462 g/mol. The number of amides is 1. The van der Waals surface area contributed by atoms with Gasteiger partial charge in [-0.2, -0.15) is 4.31 Å². The Balaban J connectivity index is 1.40. The number of hydrogen-bond acceptors (Lipinski definition) is 6. The van der Waals surface area contributed by atoms with Crippen molar-refractivity contribution in [3.8, 4) is 0 Å². The predicted octanol–water partition coefficient (Wildman–Crippen LogP) is 3.16. The van der Waals surface area contributed by atoms with Gasteiger partial charge in [-0.25, -0.2) is 17.8 Å². The minimum absolute atomic E-state index is 0.0731. The Kier molecular flexibility index (Phi) is 6.33. The Morgan fingerprint density at radius 3 is 2.58 bits per heavy atom. The number of anilines is 1. The van der Waals surface area contributed by atoms with Crippen molar-refractivity contribution in [2.24, 2.45) is 0 Å². The number of fused-ring (bicyclic) bond motifs is 1. The molecule has 1 unspecified atom stereocenters. The van der Waals surface area contributed by atoms with Crippen LogP contribution >= 0.6 is 11.3 Å². The van der Waals surface area contributed by atoms with E-state index < -0.39 is 21.9 Å². The highest BCUT2D eigenvalue weighted by atomic mass is 32.2. The summed E-state index contributed by atoms with van der Waals surface area (Å²) in [6.07, 6.45) is 0.596. The molecule has 7 nitrogen and oxygen atoms in total. The van der Waals surface area contributed by atoms with Crippen molar-refractivity contribution in [2.75, 3.05) is 31.5 Å². The number of benzene rings is 2. The molecule has 0 saturated carbocycles. The third-order valence-corrected chi connectivity index (χ3v) is 8.26. The molecule has 0 aliphatic carbocycles. The number of carbonyl (C=O) groups excluding carboxylic acids is 1. The highest BCUT2D eigenvalue weighted by Crippen LogP contribution is 2.26. The van der Waals surface area contributed by atoms with Gasteiger partial charge in [0, 0.05) is 26.2 Å². The molecule has 1 saturated heterocycles. The van der Waals surface area contributed by atoms with Gasteiger partial charge < -0.3 is 5.32 Å². The molecule has 4 rings (SSSR count). The van der Waals surface area contributed by atoms with Gasteiger partial charge in [0.2, 0.25) is 15.9 Å². The summed E-state index contributed by atoms with van der Waals surface area (Å²) in [5.74, 6) is -0.650. The maximum absolute atomic E-state index is 13.2. The van der Waals surface area contributed by atoms with Crippen LogP contribution in [0.4, 0.5) is 9.52 Å². The molecule has 31 heavy (non-hydrogen) atoms. The van der Waals surface area contributed by atoms with E-state index in [-0.39, 0.29) is 17.3 Å². The molecule has 164 valence electrons. The van der Waals surface area contributed by atoms with Crippen LogP contribution in [0.2, 0.25) is 0 Å². The van der Waals surface area contributed by atoms with Crippen molar-refractivity contribution < 1.29 is 17.6 Å². The molecule has 1 aliphatic rings. The van der Waals surface area contributed by atoms with Crippen LogP contribution in [0.25, 0.3) is 10.2 Å². The predicted molar refractivity (Wildman–Crippen MR) is 119 cm³/mol. The van der Waals surface area contributed by atoms with Crippen molar-refractivity contribution in [3.63, 3.8) is 0 Å². The number of halogens is 1.